The Morgan fingerprint density at radius 2 is 1.08 bits per heavy atom. The lowest BCUT2D eigenvalue weighted by atomic mass is 9.87. The van der Waals surface area contributed by atoms with Crippen LogP contribution in [-0.4, -0.2) is 8.42 Å². The highest BCUT2D eigenvalue weighted by molar-refractivity contribution is 7.93. The maximum atomic E-state index is 13.4. The topological polar surface area (TPSA) is 37.4 Å². The van der Waals surface area contributed by atoms with Gasteiger partial charge in [-0.05, 0) is 47.4 Å². The van der Waals surface area contributed by atoms with Gasteiger partial charge in [-0.2, -0.15) is 0 Å². The minimum Gasteiger partial charge on any atom is -0.235 e. The molecule has 0 saturated carbocycles. The largest absolute Gasteiger partial charge is 0.268 e. The van der Waals surface area contributed by atoms with Crippen LogP contribution in [0.3, 0.4) is 0 Å². The average Bonchev–Trinajstić information content (AvgIpc) is 2.63. The van der Waals surface area contributed by atoms with Crippen molar-refractivity contribution in [3.63, 3.8) is 0 Å². The van der Waals surface area contributed by atoms with Crippen molar-refractivity contribution in [1.29, 1.82) is 0 Å². The molecule has 4 heteroatoms. The number of rotatable bonds is 4. The number of hydrogen-bond acceptors (Lipinski definition) is 2. The first-order chi connectivity index (χ1) is 12.3. The Labute approximate surface area is 156 Å². The normalized spacial score (nSPS) is 12.0. The van der Waals surface area contributed by atoms with Gasteiger partial charge in [0.05, 0.1) is 16.3 Å². The van der Waals surface area contributed by atoms with E-state index in [4.69, 9.17) is 0 Å². The van der Waals surface area contributed by atoms with Crippen LogP contribution in [0.15, 0.2) is 89.8 Å². The van der Waals surface area contributed by atoms with Crippen molar-refractivity contribution in [2.75, 3.05) is 4.31 Å². The summed E-state index contributed by atoms with van der Waals surface area (Å²) in [5.74, 6) is 0. The van der Waals surface area contributed by atoms with Gasteiger partial charge in [-0.25, -0.2) is 12.7 Å². The Morgan fingerprint density at radius 1 is 0.654 bits per heavy atom. The predicted molar refractivity (Wildman–Crippen MR) is 107 cm³/mol. The van der Waals surface area contributed by atoms with Gasteiger partial charge in [0.15, 0.2) is 0 Å². The molecule has 3 aromatic rings. The third kappa shape index (κ3) is 3.65. The fraction of sp³-hybridized carbons (Fsp3) is 0.182. The lowest BCUT2D eigenvalue weighted by Crippen LogP contribution is -2.26. The molecular formula is C22H23NO2S. The molecule has 134 valence electrons. The summed E-state index contributed by atoms with van der Waals surface area (Å²) in [5, 5.41) is 0. The summed E-state index contributed by atoms with van der Waals surface area (Å²) in [7, 11) is -3.74. The molecule has 0 atom stereocenters. The molecule has 26 heavy (non-hydrogen) atoms. The van der Waals surface area contributed by atoms with Crippen LogP contribution in [0, 0.1) is 0 Å². The number of anilines is 2. The zero-order valence-electron chi connectivity index (χ0n) is 15.3. The number of sulfonamides is 1. The minimum absolute atomic E-state index is 0.0269. The van der Waals surface area contributed by atoms with E-state index < -0.39 is 10.0 Å². The number of nitrogens with zero attached hydrogens (tertiary/aromatic N) is 1. The molecule has 0 aromatic heterocycles. The van der Waals surface area contributed by atoms with E-state index in [1.165, 1.54) is 4.31 Å². The Balaban J connectivity index is 2.11. The molecule has 0 unspecified atom stereocenters. The van der Waals surface area contributed by atoms with E-state index in [-0.39, 0.29) is 10.3 Å². The van der Waals surface area contributed by atoms with Gasteiger partial charge in [-0.3, -0.25) is 0 Å². The van der Waals surface area contributed by atoms with E-state index in [0.29, 0.717) is 11.4 Å². The molecule has 0 fully saturated rings. The van der Waals surface area contributed by atoms with Crippen LogP contribution in [0.4, 0.5) is 11.4 Å². The highest BCUT2D eigenvalue weighted by Gasteiger charge is 2.27. The van der Waals surface area contributed by atoms with Gasteiger partial charge in [0.2, 0.25) is 0 Å². The van der Waals surface area contributed by atoms with Gasteiger partial charge in [-0.1, -0.05) is 69.3 Å². The average molecular weight is 365 g/mol. The van der Waals surface area contributed by atoms with Gasteiger partial charge in [-0.15, -0.1) is 0 Å². The molecule has 0 aliphatic heterocycles. The summed E-state index contributed by atoms with van der Waals surface area (Å²) < 4.78 is 28.2. The first-order valence-corrected chi connectivity index (χ1v) is 10.0. The van der Waals surface area contributed by atoms with Crippen LogP contribution >= 0.6 is 0 Å². The van der Waals surface area contributed by atoms with Crippen LogP contribution in [0.1, 0.15) is 26.3 Å². The second kappa shape index (κ2) is 6.96. The molecule has 0 amide bonds. The summed E-state index contributed by atoms with van der Waals surface area (Å²) in [6.45, 7) is 6.32. The number of benzene rings is 3. The van der Waals surface area contributed by atoms with E-state index in [1.54, 1.807) is 36.4 Å². The zero-order chi connectivity index (χ0) is 18.8. The molecule has 3 aromatic carbocycles. The monoisotopic (exact) mass is 365 g/mol. The van der Waals surface area contributed by atoms with E-state index in [9.17, 15) is 8.42 Å². The second-order valence-electron chi connectivity index (χ2n) is 7.21. The summed E-state index contributed by atoms with van der Waals surface area (Å²) in [6, 6.07) is 25.4. The molecule has 0 saturated heterocycles. The number of para-hydroxylation sites is 2. The fourth-order valence-electron chi connectivity index (χ4n) is 2.79. The van der Waals surface area contributed by atoms with E-state index in [0.717, 1.165) is 5.56 Å². The van der Waals surface area contributed by atoms with Crippen molar-refractivity contribution in [2.24, 2.45) is 0 Å². The van der Waals surface area contributed by atoms with Gasteiger partial charge >= 0.3 is 0 Å². The molecule has 0 aliphatic rings. The molecule has 0 aliphatic carbocycles. The Hall–Kier alpha value is -2.59. The molecule has 3 nitrogen and oxygen atoms in total. The van der Waals surface area contributed by atoms with E-state index >= 15 is 0 Å². The van der Waals surface area contributed by atoms with Gasteiger partial charge in [0.1, 0.15) is 0 Å². The summed E-state index contributed by atoms with van der Waals surface area (Å²) in [5.41, 5.74) is 2.29. The van der Waals surface area contributed by atoms with Crippen molar-refractivity contribution in [3.05, 3.63) is 90.5 Å². The quantitative estimate of drug-likeness (QED) is 0.611. The van der Waals surface area contributed by atoms with E-state index in [2.05, 4.69) is 20.8 Å². The van der Waals surface area contributed by atoms with Crippen LogP contribution in [0.2, 0.25) is 0 Å². The molecular weight excluding hydrogens is 342 g/mol. The molecule has 0 spiro atoms. The maximum Gasteiger partial charge on any atom is 0.268 e. The third-order valence-corrected chi connectivity index (χ3v) is 6.01. The van der Waals surface area contributed by atoms with Gasteiger partial charge in [0.25, 0.3) is 10.0 Å². The lowest BCUT2D eigenvalue weighted by Gasteiger charge is -2.25. The van der Waals surface area contributed by atoms with Crippen LogP contribution in [0.25, 0.3) is 0 Å². The molecule has 0 radical (unpaired) electrons. The summed E-state index contributed by atoms with van der Waals surface area (Å²) in [6.07, 6.45) is 0. The Morgan fingerprint density at radius 3 is 1.46 bits per heavy atom. The van der Waals surface area contributed by atoms with Crippen molar-refractivity contribution >= 4 is 21.4 Å². The van der Waals surface area contributed by atoms with Crippen molar-refractivity contribution in [1.82, 2.24) is 0 Å². The molecule has 0 N–H and O–H groups in total. The van der Waals surface area contributed by atoms with Gasteiger partial charge < -0.3 is 0 Å². The SMILES string of the molecule is CC(C)(C)c1ccc(S(=O)(=O)N(c2ccccc2)c2ccccc2)cc1. The van der Waals surface area contributed by atoms with Crippen LogP contribution in [0.5, 0.6) is 0 Å². The standard InChI is InChI=1S/C22H23NO2S/c1-22(2,3)18-14-16-21(17-15-18)26(24,25)23(19-10-6-4-7-11-19)20-12-8-5-9-13-20/h4-17H,1-3H3. The number of hydrogen-bond donors (Lipinski definition) is 0. The predicted octanol–water partition coefficient (Wildman–Crippen LogP) is 5.51. The van der Waals surface area contributed by atoms with Crippen molar-refractivity contribution in [3.8, 4) is 0 Å². The second-order valence-corrected chi connectivity index (χ2v) is 9.00. The first kappa shape index (κ1) is 18.2. The molecule has 0 heterocycles. The van der Waals surface area contributed by atoms with Crippen molar-refractivity contribution < 1.29 is 8.42 Å². The summed E-state index contributed by atoms with van der Waals surface area (Å²) in [4.78, 5) is 0.276. The fourth-order valence-corrected chi connectivity index (χ4v) is 4.28. The summed E-state index contributed by atoms with van der Waals surface area (Å²) >= 11 is 0. The Bertz CT molecular complexity index is 919. The highest BCUT2D eigenvalue weighted by atomic mass is 32.2. The van der Waals surface area contributed by atoms with Gasteiger partial charge in [0, 0.05) is 0 Å². The smallest absolute Gasteiger partial charge is 0.235 e. The maximum absolute atomic E-state index is 13.4. The molecule has 3 rings (SSSR count). The third-order valence-electron chi connectivity index (χ3n) is 4.24. The van der Waals surface area contributed by atoms with Crippen LogP contribution in [-0.2, 0) is 15.4 Å². The van der Waals surface area contributed by atoms with E-state index in [1.807, 2.05) is 48.5 Å². The minimum atomic E-state index is -3.74. The van der Waals surface area contributed by atoms with Crippen LogP contribution < -0.4 is 4.31 Å². The zero-order valence-corrected chi connectivity index (χ0v) is 16.1. The highest BCUT2D eigenvalue weighted by Crippen LogP contribution is 2.33. The Kier molecular flexibility index (Phi) is 4.88. The lowest BCUT2D eigenvalue weighted by molar-refractivity contribution is 0.586. The first-order valence-electron chi connectivity index (χ1n) is 8.56. The van der Waals surface area contributed by atoms with Crippen molar-refractivity contribution in [2.45, 2.75) is 31.1 Å². The molecule has 0 bridgehead atoms.